The number of nitrogens with zero attached hydrogens (tertiary/aromatic N) is 3. The minimum atomic E-state index is -1.07. The van der Waals surface area contributed by atoms with E-state index in [1.165, 1.54) is 12.1 Å². The van der Waals surface area contributed by atoms with Gasteiger partial charge in [-0.15, -0.1) is 0 Å². The summed E-state index contributed by atoms with van der Waals surface area (Å²) in [5.74, 6) is -1.71. The van der Waals surface area contributed by atoms with E-state index in [9.17, 15) is 20.0 Å². The van der Waals surface area contributed by atoms with E-state index in [1.807, 2.05) is 18.7 Å². The third-order valence-electron chi connectivity index (χ3n) is 5.14. The van der Waals surface area contributed by atoms with Crippen molar-refractivity contribution < 1.29 is 24.4 Å². The smallest absolute Gasteiger partial charge is 0.334 e. The van der Waals surface area contributed by atoms with Crippen LogP contribution < -0.4 is 0 Å². The maximum Gasteiger partial charge on any atom is 0.334 e. The van der Waals surface area contributed by atoms with Gasteiger partial charge in [0.05, 0.1) is 10.5 Å². The lowest BCUT2D eigenvalue weighted by atomic mass is 9.78. The Morgan fingerprint density at radius 1 is 1.40 bits per heavy atom. The van der Waals surface area contributed by atoms with Crippen molar-refractivity contribution in [2.75, 3.05) is 13.7 Å². The van der Waals surface area contributed by atoms with Gasteiger partial charge in [-0.2, -0.15) is 0 Å². The zero-order chi connectivity index (χ0) is 22.4. The lowest BCUT2D eigenvalue weighted by Gasteiger charge is -2.36. The second-order valence-corrected chi connectivity index (χ2v) is 6.88. The molecule has 0 fully saturated rings. The predicted octanol–water partition coefficient (Wildman–Crippen LogP) is 4.03. The number of ether oxygens (including phenoxy) is 1. The largest absolute Gasteiger partial charge is 0.478 e. The first-order valence-electron chi connectivity index (χ1n) is 9.60. The molecule has 0 bridgehead atoms. The molecule has 0 radical (unpaired) electrons. The molecule has 30 heavy (non-hydrogen) atoms. The molecule has 0 saturated carbocycles. The third-order valence-corrected chi connectivity index (χ3v) is 5.14. The fourth-order valence-corrected chi connectivity index (χ4v) is 3.50. The summed E-state index contributed by atoms with van der Waals surface area (Å²) in [5.41, 5.74) is 2.85. The van der Waals surface area contributed by atoms with E-state index in [1.54, 1.807) is 39.2 Å². The summed E-state index contributed by atoms with van der Waals surface area (Å²) in [6.45, 7) is 7.68. The summed E-state index contributed by atoms with van der Waals surface area (Å²) in [7, 11) is 1.79. The molecule has 1 aliphatic heterocycles. The molecular weight excluding hydrogens is 390 g/mol. The molecular formula is C21H27N3O6. The number of aliphatic carboxylic acids is 1. The normalized spacial score (nSPS) is 18.2. The Bertz CT molecular complexity index is 906. The van der Waals surface area contributed by atoms with Crippen molar-refractivity contribution in [2.45, 2.75) is 46.3 Å². The molecule has 1 N–H and O–H groups in total. The molecule has 0 aliphatic carbocycles. The number of hydrogen-bond acceptors (Lipinski definition) is 7. The van der Waals surface area contributed by atoms with Gasteiger partial charge < -0.3 is 19.6 Å². The van der Waals surface area contributed by atoms with E-state index < -0.39 is 23.1 Å². The first kappa shape index (κ1) is 23.1. The molecule has 2 unspecified atom stereocenters. The molecule has 1 aromatic rings. The Kier molecular flexibility index (Phi) is 7.71. The Morgan fingerprint density at radius 2 is 2.10 bits per heavy atom. The molecule has 1 aliphatic rings. The number of carboxylic acids is 1. The summed E-state index contributed by atoms with van der Waals surface area (Å²) >= 11 is 0. The van der Waals surface area contributed by atoms with Crippen molar-refractivity contribution >= 4 is 17.9 Å². The van der Waals surface area contributed by atoms with Crippen LogP contribution in [0.4, 0.5) is 5.69 Å². The van der Waals surface area contributed by atoms with Crippen LogP contribution in [0.25, 0.3) is 0 Å². The van der Waals surface area contributed by atoms with Crippen LogP contribution in [-0.2, 0) is 14.4 Å². The number of carboxylic acid groups (broad SMARTS) is 1. The number of nitro groups is 1. The van der Waals surface area contributed by atoms with Gasteiger partial charge in [0.25, 0.3) is 5.69 Å². The number of hydrogen-bond donors (Lipinski definition) is 1. The first-order chi connectivity index (χ1) is 14.2. The fourth-order valence-electron chi connectivity index (χ4n) is 3.50. The zero-order valence-electron chi connectivity index (χ0n) is 17.8. The number of allylic oxidation sites excluding steroid dienone is 3. The van der Waals surface area contributed by atoms with Crippen LogP contribution in [0.15, 0.2) is 52.0 Å². The van der Waals surface area contributed by atoms with E-state index in [2.05, 4.69) is 5.16 Å². The van der Waals surface area contributed by atoms with Crippen LogP contribution in [0.2, 0.25) is 0 Å². The van der Waals surface area contributed by atoms with E-state index in [0.717, 1.165) is 11.3 Å². The number of rotatable bonds is 9. The van der Waals surface area contributed by atoms with Crippen molar-refractivity contribution in [3.8, 4) is 0 Å². The van der Waals surface area contributed by atoms with Crippen molar-refractivity contribution in [3.05, 3.63) is 62.5 Å². The first-order valence-corrected chi connectivity index (χ1v) is 9.60. The number of nitro benzene ring substituents is 1. The predicted molar refractivity (Wildman–Crippen MR) is 112 cm³/mol. The van der Waals surface area contributed by atoms with E-state index in [4.69, 9.17) is 9.57 Å². The van der Waals surface area contributed by atoms with Crippen LogP contribution >= 0.6 is 0 Å². The molecule has 162 valence electrons. The Labute approximate surface area is 175 Å². The molecule has 2 rings (SSSR count). The number of non-ortho nitro benzene ring substituents is 1. The Morgan fingerprint density at radius 3 is 2.70 bits per heavy atom. The van der Waals surface area contributed by atoms with Crippen molar-refractivity contribution in [3.63, 3.8) is 0 Å². The molecule has 0 aromatic heterocycles. The Balaban J connectivity index is 2.48. The average molecular weight is 417 g/mol. The second kappa shape index (κ2) is 10.0. The van der Waals surface area contributed by atoms with Gasteiger partial charge in [-0.1, -0.05) is 17.3 Å². The van der Waals surface area contributed by atoms with Crippen LogP contribution in [-0.4, -0.2) is 47.1 Å². The number of oxime groups is 1. The zero-order valence-corrected chi connectivity index (χ0v) is 17.8. The highest BCUT2D eigenvalue weighted by Crippen LogP contribution is 2.43. The SMILES string of the molecule is CCOC(C)ON=CCC1=C(C)N(C)C(C)=C(C(=O)O)C1c1cccc([N+](=O)[O-])c1. The minimum Gasteiger partial charge on any atom is -0.478 e. The topological polar surface area (TPSA) is 114 Å². The molecule has 1 heterocycles. The highest BCUT2D eigenvalue weighted by Gasteiger charge is 2.35. The molecule has 0 saturated heterocycles. The summed E-state index contributed by atoms with van der Waals surface area (Å²) in [5, 5.41) is 25.1. The van der Waals surface area contributed by atoms with Crippen molar-refractivity contribution in [2.24, 2.45) is 5.16 Å². The second-order valence-electron chi connectivity index (χ2n) is 6.88. The lowest BCUT2D eigenvalue weighted by Crippen LogP contribution is -2.29. The molecule has 2 atom stereocenters. The van der Waals surface area contributed by atoms with Gasteiger partial charge >= 0.3 is 5.97 Å². The van der Waals surface area contributed by atoms with Crippen molar-refractivity contribution in [1.29, 1.82) is 0 Å². The lowest BCUT2D eigenvalue weighted by molar-refractivity contribution is -0.384. The van der Waals surface area contributed by atoms with Crippen molar-refractivity contribution in [1.82, 2.24) is 4.90 Å². The average Bonchev–Trinajstić information content (AvgIpc) is 2.70. The van der Waals surface area contributed by atoms with Crippen LogP contribution in [0.3, 0.4) is 0 Å². The van der Waals surface area contributed by atoms with Crippen LogP contribution in [0, 0.1) is 10.1 Å². The maximum atomic E-state index is 12.1. The third kappa shape index (κ3) is 5.04. The van der Waals surface area contributed by atoms with E-state index >= 15 is 0 Å². The maximum absolute atomic E-state index is 12.1. The molecule has 0 amide bonds. The van der Waals surface area contributed by atoms with E-state index in [0.29, 0.717) is 24.3 Å². The van der Waals surface area contributed by atoms with Gasteiger partial charge in [-0.3, -0.25) is 10.1 Å². The highest BCUT2D eigenvalue weighted by molar-refractivity contribution is 5.91. The monoisotopic (exact) mass is 417 g/mol. The minimum absolute atomic E-state index is 0.0895. The highest BCUT2D eigenvalue weighted by atomic mass is 16.8. The van der Waals surface area contributed by atoms with E-state index in [-0.39, 0.29) is 11.3 Å². The van der Waals surface area contributed by atoms with Gasteiger partial charge in [0.1, 0.15) is 0 Å². The molecule has 9 heteroatoms. The van der Waals surface area contributed by atoms with Gasteiger partial charge in [-0.05, 0) is 31.9 Å². The van der Waals surface area contributed by atoms with Gasteiger partial charge in [0.15, 0.2) is 0 Å². The molecule has 1 aromatic carbocycles. The van der Waals surface area contributed by atoms with Crippen LogP contribution in [0.1, 0.15) is 45.6 Å². The van der Waals surface area contributed by atoms with Gasteiger partial charge in [0.2, 0.25) is 6.29 Å². The van der Waals surface area contributed by atoms with Gasteiger partial charge in [0, 0.05) is 62.7 Å². The number of benzene rings is 1. The number of carbonyl (C=O) groups is 1. The molecule has 9 nitrogen and oxygen atoms in total. The van der Waals surface area contributed by atoms with Gasteiger partial charge in [-0.25, -0.2) is 4.79 Å². The summed E-state index contributed by atoms with van der Waals surface area (Å²) < 4.78 is 5.26. The fraction of sp³-hybridized carbons (Fsp3) is 0.429. The quantitative estimate of drug-likeness (QED) is 0.279. The van der Waals surface area contributed by atoms with Crippen LogP contribution in [0.5, 0.6) is 0 Å². The Hall–Kier alpha value is -3.20. The molecule has 0 spiro atoms. The summed E-state index contributed by atoms with van der Waals surface area (Å²) in [4.78, 5) is 29.9. The summed E-state index contributed by atoms with van der Waals surface area (Å²) in [6.07, 6.45) is 1.36. The standard InChI is InChI=1S/C21H27N3O6/c1-6-29-15(4)30-22-11-10-18-13(2)23(5)14(3)19(21(25)26)20(18)16-8-7-9-17(12-16)24(27)28/h7-9,11-12,15,20H,6,10H2,1-5H3,(H,25,26). The summed E-state index contributed by atoms with van der Waals surface area (Å²) in [6, 6.07) is 6.08.